The van der Waals surface area contributed by atoms with Gasteiger partial charge < -0.3 is 15.0 Å². The van der Waals surface area contributed by atoms with Crippen LogP contribution in [0.3, 0.4) is 0 Å². The highest BCUT2D eigenvalue weighted by molar-refractivity contribution is 5.93. The number of carbonyl (C=O) groups excluding carboxylic acids is 1. The van der Waals surface area contributed by atoms with Crippen LogP contribution >= 0.6 is 0 Å². The molecule has 8 heteroatoms. The van der Waals surface area contributed by atoms with Gasteiger partial charge in [0.05, 0.1) is 5.60 Å². The monoisotopic (exact) mass is 292 g/mol. The van der Waals surface area contributed by atoms with Crippen molar-refractivity contribution in [3.63, 3.8) is 0 Å². The number of hydrogen-bond donors (Lipinski definition) is 2. The molecule has 1 heterocycles. The second-order valence-electron chi connectivity index (χ2n) is 5.09. The summed E-state index contributed by atoms with van der Waals surface area (Å²) in [5, 5.41) is 9.58. The van der Waals surface area contributed by atoms with Crippen LogP contribution in [0.4, 0.5) is 13.2 Å². The van der Waals surface area contributed by atoms with E-state index in [1.165, 1.54) is 20.9 Å². The Morgan fingerprint density at radius 3 is 2.30 bits per heavy atom. The van der Waals surface area contributed by atoms with E-state index >= 15 is 0 Å². The van der Waals surface area contributed by atoms with Gasteiger partial charge in [0.25, 0.3) is 11.5 Å². The van der Waals surface area contributed by atoms with Gasteiger partial charge in [0.2, 0.25) is 0 Å². The molecule has 0 atom stereocenters. The van der Waals surface area contributed by atoms with Gasteiger partial charge in [0, 0.05) is 13.6 Å². The number of nitrogens with one attached hydrogen (secondary N) is 1. The number of amides is 1. The number of hydrogen-bond acceptors (Lipinski definition) is 3. The minimum atomic E-state index is -4.68. The summed E-state index contributed by atoms with van der Waals surface area (Å²) in [5.41, 5.74) is -3.93. The Balaban J connectivity index is 3.04. The lowest BCUT2D eigenvalue weighted by atomic mass is 10.1. The topological polar surface area (TPSA) is 73.4 Å². The third-order valence-electron chi connectivity index (χ3n) is 2.42. The average molecular weight is 292 g/mol. The summed E-state index contributed by atoms with van der Waals surface area (Å²) in [6, 6.07) is 1.46. The zero-order chi connectivity index (χ0) is 15.7. The molecule has 1 aromatic heterocycles. The van der Waals surface area contributed by atoms with Gasteiger partial charge in [0.15, 0.2) is 0 Å². The van der Waals surface area contributed by atoms with Crippen LogP contribution in [0.2, 0.25) is 0 Å². The minimum absolute atomic E-state index is 0.0632. The standard InChI is InChI=1S/C12H15F3N2O3/c1-11(2,20)6-17(3)10(19)7-4-5-8(12(13,14)15)16-9(7)18/h4-5,20H,6H2,1-3H3,(H,16,18). The predicted molar refractivity (Wildman–Crippen MR) is 65.3 cm³/mol. The zero-order valence-electron chi connectivity index (χ0n) is 11.2. The van der Waals surface area contributed by atoms with Crippen molar-refractivity contribution in [1.29, 1.82) is 0 Å². The fourth-order valence-corrected chi connectivity index (χ4v) is 1.67. The average Bonchev–Trinajstić information content (AvgIpc) is 2.24. The first-order valence-electron chi connectivity index (χ1n) is 5.70. The molecule has 0 aliphatic carbocycles. The first kappa shape index (κ1) is 16.2. The van der Waals surface area contributed by atoms with Gasteiger partial charge >= 0.3 is 6.18 Å². The third kappa shape index (κ3) is 4.09. The van der Waals surface area contributed by atoms with Crippen LogP contribution in [-0.4, -0.2) is 40.1 Å². The van der Waals surface area contributed by atoms with Gasteiger partial charge in [-0.25, -0.2) is 0 Å². The zero-order valence-corrected chi connectivity index (χ0v) is 11.2. The van der Waals surface area contributed by atoms with Crippen LogP contribution < -0.4 is 5.56 Å². The van der Waals surface area contributed by atoms with Crippen molar-refractivity contribution < 1.29 is 23.1 Å². The largest absolute Gasteiger partial charge is 0.431 e. The van der Waals surface area contributed by atoms with E-state index in [9.17, 15) is 27.9 Å². The van der Waals surface area contributed by atoms with Crippen molar-refractivity contribution in [1.82, 2.24) is 9.88 Å². The highest BCUT2D eigenvalue weighted by Crippen LogP contribution is 2.26. The van der Waals surface area contributed by atoms with Crippen LogP contribution in [0.5, 0.6) is 0 Å². The predicted octanol–water partition coefficient (Wildman–Crippen LogP) is 1.24. The quantitative estimate of drug-likeness (QED) is 0.880. The number of pyridine rings is 1. The number of alkyl halides is 3. The van der Waals surface area contributed by atoms with E-state index in [4.69, 9.17) is 0 Å². The van der Waals surface area contributed by atoms with Crippen LogP contribution in [0.25, 0.3) is 0 Å². The SMILES string of the molecule is CN(CC(C)(C)O)C(=O)c1ccc(C(F)(F)F)[nH]c1=O. The second-order valence-corrected chi connectivity index (χ2v) is 5.09. The number of aromatic nitrogens is 1. The molecule has 0 aliphatic heterocycles. The van der Waals surface area contributed by atoms with Gasteiger partial charge in [-0.15, -0.1) is 0 Å². The molecule has 0 saturated heterocycles. The maximum atomic E-state index is 12.4. The van der Waals surface area contributed by atoms with Crippen LogP contribution in [0, 0.1) is 0 Å². The number of likely N-dealkylation sites (N-methyl/N-ethyl adjacent to an activating group) is 1. The highest BCUT2D eigenvalue weighted by atomic mass is 19.4. The van der Waals surface area contributed by atoms with Crippen molar-refractivity contribution in [3.05, 3.63) is 33.7 Å². The lowest BCUT2D eigenvalue weighted by Gasteiger charge is -2.25. The Morgan fingerprint density at radius 2 is 1.90 bits per heavy atom. The molecule has 1 aromatic rings. The number of halogens is 3. The minimum Gasteiger partial charge on any atom is -0.389 e. The van der Waals surface area contributed by atoms with Crippen molar-refractivity contribution in [2.45, 2.75) is 25.6 Å². The summed E-state index contributed by atoms with van der Waals surface area (Å²) >= 11 is 0. The highest BCUT2D eigenvalue weighted by Gasteiger charge is 2.32. The first-order chi connectivity index (χ1) is 8.92. The van der Waals surface area contributed by atoms with Gasteiger partial charge in [0.1, 0.15) is 11.3 Å². The number of rotatable bonds is 3. The lowest BCUT2D eigenvalue weighted by Crippen LogP contribution is -2.41. The van der Waals surface area contributed by atoms with Crippen molar-refractivity contribution >= 4 is 5.91 Å². The summed E-state index contributed by atoms with van der Waals surface area (Å²) in [6.07, 6.45) is -4.68. The molecule has 0 aliphatic rings. The molecular formula is C12H15F3N2O3. The molecule has 0 spiro atoms. The van der Waals surface area contributed by atoms with Gasteiger partial charge in [-0.2, -0.15) is 13.2 Å². The smallest absolute Gasteiger partial charge is 0.389 e. The molecule has 0 bridgehead atoms. The fourth-order valence-electron chi connectivity index (χ4n) is 1.67. The number of aliphatic hydroxyl groups is 1. The Kier molecular flexibility index (Phi) is 4.28. The van der Waals surface area contributed by atoms with Crippen molar-refractivity contribution in [3.8, 4) is 0 Å². The number of aromatic amines is 1. The molecular weight excluding hydrogens is 277 g/mol. The molecule has 20 heavy (non-hydrogen) atoms. The molecule has 5 nitrogen and oxygen atoms in total. The van der Waals surface area contributed by atoms with Gasteiger partial charge in [-0.1, -0.05) is 0 Å². The van der Waals surface area contributed by atoms with E-state index in [1.54, 1.807) is 4.98 Å². The normalized spacial score (nSPS) is 12.3. The maximum absolute atomic E-state index is 12.4. The Bertz CT molecular complexity index is 558. The molecule has 0 fully saturated rings. The van der Waals surface area contributed by atoms with Crippen LogP contribution in [-0.2, 0) is 6.18 Å². The summed E-state index contributed by atoms with van der Waals surface area (Å²) in [6.45, 7) is 2.87. The van der Waals surface area contributed by atoms with E-state index in [0.29, 0.717) is 6.07 Å². The molecule has 2 N–H and O–H groups in total. The molecule has 0 radical (unpaired) electrons. The molecule has 0 aromatic carbocycles. The van der Waals surface area contributed by atoms with Gasteiger partial charge in [-0.05, 0) is 26.0 Å². The van der Waals surface area contributed by atoms with E-state index in [0.717, 1.165) is 11.0 Å². The molecule has 1 rings (SSSR count). The van der Waals surface area contributed by atoms with Crippen LogP contribution in [0.15, 0.2) is 16.9 Å². The maximum Gasteiger partial charge on any atom is 0.431 e. The van der Waals surface area contributed by atoms with Crippen LogP contribution in [0.1, 0.15) is 29.9 Å². The fraction of sp³-hybridized carbons (Fsp3) is 0.500. The summed E-state index contributed by atoms with van der Waals surface area (Å²) in [7, 11) is 1.34. The summed E-state index contributed by atoms with van der Waals surface area (Å²) in [5.74, 6) is -0.762. The molecule has 112 valence electrons. The summed E-state index contributed by atoms with van der Waals surface area (Å²) in [4.78, 5) is 26.1. The number of nitrogens with zero attached hydrogens (tertiary/aromatic N) is 1. The lowest BCUT2D eigenvalue weighted by molar-refractivity contribution is -0.141. The van der Waals surface area contributed by atoms with E-state index in [-0.39, 0.29) is 6.54 Å². The van der Waals surface area contributed by atoms with E-state index in [1.807, 2.05) is 0 Å². The Morgan fingerprint density at radius 1 is 1.35 bits per heavy atom. The number of H-pyrrole nitrogens is 1. The van der Waals surface area contributed by atoms with Crippen molar-refractivity contribution in [2.24, 2.45) is 0 Å². The van der Waals surface area contributed by atoms with Crippen molar-refractivity contribution in [2.75, 3.05) is 13.6 Å². The Hall–Kier alpha value is -1.83. The second kappa shape index (κ2) is 5.28. The van der Waals surface area contributed by atoms with Gasteiger partial charge in [-0.3, -0.25) is 9.59 Å². The van der Waals surface area contributed by atoms with E-state index < -0.39 is 34.5 Å². The third-order valence-corrected chi connectivity index (χ3v) is 2.42. The molecule has 0 unspecified atom stereocenters. The molecule has 0 saturated carbocycles. The first-order valence-corrected chi connectivity index (χ1v) is 5.70. The van der Waals surface area contributed by atoms with E-state index in [2.05, 4.69) is 0 Å². The molecule has 1 amide bonds. The Labute approximate surface area is 113 Å². The summed E-state index contributed by atoms with van der Waals surface area (Å²) < 4.78 is 37.1. The number of carbonyl (C=O) groups is 1.